The summed E-state index contributed by atoms with van der Waals surface area (Å²) in [7, 11) is 0. The van der Waals surface area contributed by atoms with Crippen LogP contribution in [-0.4, -0.2) is 73.2 Å². The molecule has 2 aromatic heterocycles. The Kier molecular flexibility index (Phi) is 15.1. The number of phenolic OH excluding ortho intramolecular Hbond substituents is 2. The number of piperidine rings is 1. The van der Waals surface area contributed by atoms with Crippen LogP contribution in [0.5, 0.6) is 11.5 Å². The Morgan fingerprint density at radius 2 is 1.70 bits per heavy atom. The number of rotatable bonds is 10. The number of fused-ring (bicyclic) bond motifs is 2. The number of aromatic hydroxyl groups is 2. The van der Waals surface area contributed by atoms with Gasteiger partial charge in [0, 0.05) is 72.8 Å². The molecular formula is C43H58FN7O5. The Balaban J connectivity index is 0.000000193. The summed E-state index contributed by atoms with van der Waals surface area (Å²) < 4.78 is 20.6. The van der Waals surface area contributed by atoms with E-state index in [0.717, 1.165) is 106 Å². The SMILES string of the molecule is CC(C)(C)NCC(O)c1cc(O)cc(O)c1.Cc1nc2n(c(=O)c1CCN1CCC(c3noc4cc(F)ccc34)CC1)CCCC2.NNCCc1ccccc1. The lowest BCUT2D eigenvalue weighted by molar-refractivity contribution is 0.162. The van der Waals surface area contributed by atoms with E-state index in [-0.39, 0.29) is 28.4 Å². The molecular weight excluding hydrogens is 714 g/mol. The highest BCUT2D eigenvalue weighted by molar-refractivity contribution is 5.79. The van der Waals surface area contributed by atoms with Crippen molar-refractivity contribution in [2.45, 2.75) is 96.7 Å². The molecule has 13 heteroatoms. The van der Waals surface area contributed by atoms with Crippen molar-refractivity contribution in [3.63, 3.8) is 0 Å². The molecule has 5 aromatic rings. The number of nitrogens with two attached hydrogens (primary N) is 1. The Bertz CT molecular complexity index is 2040. The van der Waals surface area contributed by atoms with Gasteiger partial charge in [-0.2, -0.15) is 0 Å². The number of aliphatic hydroxyl groups is 1. The van der Waals surface area contributed by atoms with Gasteiger partial charge in [-0.25, -0.2) is 9.37 Å². The lowest BCUT2D eigenvalue weighted by Gasteiger charge is -2.31. The Morgan fingerprint density at radius 1 is 0.982 bits per heavy atom. The van der Waals surface area contributed by atoms with Gasteiger partial charge in [-0.3, -0.25) is 20.6 Å². The summed E-state index contributed by atoms with van der Waals surface area (Å²) in [4.78, 5) is 20.1. The molecule has 12 nitrogen and oxygen atoms in total. The molecule has 2 aliphatic rings. The minimum Gasteiger partial charge on any atom is -0.508 e. The lowest BCUT2D eigenvalue weighted by Crippen LogP contribution is -2.38. The molecule has 7 N–H and O–H groups in total. The summed E-state index contributed by atoms with van der Waals surface area (Å²) in [5.41, 5.74) is 7.73. The number of benzene rings is 3. The number of aliphatic hydroxyl groups excluding tert-OH is 1. The number of aryl methyl sites for hydroxylation is 2. The van der Waals surface area contributed by atoms with E-state index < -0.39 is 6.10 Å². The number of nitrogens with zero attached hydrogens (tertiary/aromatic N) is 4. The molecule has 0 radical (unpaired) electrons. The van der Waals surface area contributed by atoms with Crippen molar-refractivity contribution in [1.29, 1.82) is 0 Å². The molecule has 1 unspecified atom stereocenters. The van der Waals surface area contributed by atoms with Gasteiger partial charge in [-0.05, 0) is 115 Å². The second-order valence-electron chi connectivity index (χ2n) is 15.7. The van der Waals surface area contributed by atoms with Crippen molar-refractivity contribution in [2.24, 2.45) is 5.84 Å². The average molecular weight is 772 g/mol. The fourth-order valence-electron chi connectivity index (χ4n) is 7.14. The highest BCUT2D eigenvalue weighted by atomic mass is 19.1. The molecule has 1 saturated heterocycles. The second-order valence-corrected chi connectivity index (χ2v) is 15.7. The van der Waals surface area contributed by atoms with Crippen molar-refractivity contribution in [3.05, 3.63) is 117 Å². The summed E-state index contributed by atoms with van der Waals surface area (Å²) in [6, 6.07) is 19.0. The van der Waals surface area contributed by atoms with Gasteiger partial charge in [0.2, 0.25) is 0 Å². The highest BCUT2D eigenvalue weighted by Crippen LogP contribution is 2.33. The van der Waals surface area contributed by atoms with E-state index in [9.17, 15) is 24.5 Å². The Morgan fingerprint density at radius 3 is 2.38 bits per heavy atom. The molecule has 7 rings (SSSR count). The number of halogens is 1. The van der Waals surface area contributed by atoms with Crippen molar-refractivity contribution < 1.29 is 24.2 Å². The van der Waals surface area contributed by atoms with Crippen molar-refractivity contribution in [3.8, 4) is 11.5 Å². The van der Waals surface area contributed by atoms with Crippen LogP contribution in [0.1, 0.15) is 92.4 Å². The molecule has 4 heterocycles. The van der Waals surface area contributed by atoms with Gasteiger partial charge in [0.25, 0.3) is 5.56 Å². The molecule has 1 fully saturated rings. The van der Waals surface area contributed by atoms with E-state index >= 15 is 0 Å². The number of phenols is 2. The molecule has 0 amide bonds. The van der Waals surface area contributed by atoms with E-state index in [1.54, 1.807) is 6.07 Å². The van der Waals surface area contributed by atoms with Crippen LogP contribution in [0, 0.1) is 12.7 Å². The normalized spacial score (nSPS) is 15.3. The van der Waals surface area contributed by atoms with Crippen LogP contribution in [-0.2, 0) is 25.8 Å². The number of aromatic nitrogens is 3. The van der Waals surface area contributed by atoms with E-state index in [1.807, 2.05) is 50.5 Å². The average Bonchev–Trinajstić information content (AvgIpc) is 3.59. The molecule has 0 spiro atoms. The van der Waals surface area contributed by atoms with Gasteiger partial charge < -0.3 is 30.1 Å². The van der Waals surface area contributed by atoms with E-state index in [4.69, 9.17) is 15.3 Å². The molecule has 0 bridgehead atoms. The van der Waals surface area contributed by atoms with Crippen LogP contribution in [0.4, 0.5) is 4.39 Å². The van der Waals surface area contributed by atoms with Crippen molar-refractivity contribution in [2.75, 3.05) is 32.7 Å². The summed E-state index contributed by atoms with van der Waals surface area (Å²) in [5, 5.41) is 36.7. The van der Waals surface area contributed by atoms with Crippen molar-refractivity contribution in [1.82, 2.24) is 30.4 Å². The number of hydrogen-bond donors (Lipinski definition) is 6. The van der Waals surface area contributed by atoms with Gasteiger partial charge in [0.05, 0.1) is 11.8 Å². The van der Waals surface area contributed by atoms with E-state index in [1.165, 1.54) is 35.9 Å². The summed E-state index contributed by atoms with van der Waals surface area (Å²) in [5.74, 6) is 6.00. The summed E-state index contributed by atoms with van der Waals surface area (Å²) in [6.45, 7) is 12.8. The first kappa shape index (κ1) is 42.5. The Labute approximate surface area is 328 Å². The molecule has 3 aromatic carbocycles. The smallest absolute Gasteiger partial charge is 0.256 e. The summed E-state index contributed by atoms with van der Waals surface area (Å²) >= 11 is 0. The van der Waals surface area contributed by atoms with E-state index in [0.29, 0.717) is 23.6 Å². The zero-order valence-corrected chi connectivity index (χ0v) is 33.1. The number of nitrogens with one attached hydrogen (secondary N) is 2. The van der Waals surface area contributed by atoms with Gasteiger partial charge >= 0.3 is 0 Å². The third-order valence-electron chi connectivity index (χ3n) is 10.2. The monoisotopic (exact) mass is 771 g/mol. The maximum absolute atomic E-state index is 13.4. The first-order chi connectivity index (χ1) is 26.8. The fraction of sp³-hybridized carbons (Fsp3) is 0.465. The first-order valence-corrected chi connectivity index (χ1v) is 19.6. The number of likely N-dealkylation sites (tertiary alicyclic amines) is 1. The molecule has 0 aliphatic carbocycles. The third kappa shape index (κ3) is 12.2. The van der Waals surface area contributed by atoms with Crippen LogP contribution in [0.25, 0.3) is 11.0 Å². The molecule has 1 atom stereocenters. The predicted molar refractivity (Wildman–Crippen MR) is 217 cm³/mol. The highest BCUT2D eigenvalue weighted by Gasteiger charge is 2.26. The van der Waals surface area contributed by atoms with Gasteiger partial charge in [0.15, 0.2) is 5.58 Å². The molecule has 2 aliphatic heterocycles. The second kappa shape index (κ2) is 20.0. The Hall–Kier alpha value is -4.66. The van der Waals surface area contributed by atoms with Gasteiger partial charge in [0.1, 0.15) is 23.1 Å². The lowest BCUT2D eigenvalue weighted by atomic mass is 9.91. The fourth-order valence-corrected chi connectivity index (χ4v) is 7.14. The minimum atomic E-state index is -0.753. The summed E-state index contributed by atoms with van der Waals surface area (Å²) in [6.07, 6.45) is 6.06. The van der Waals surface area contributed by atoms with Gasteiger partial charge in [-0.1, -0.05) is 35.5 Å². The third-order valence-corrected chi connectivity index (χ3v) is 10.2. The van der Waals surface area contributed by atoms with E-state index in [2.05, 4.69) is 32.9 Å². The van der Waals surface area contributed by atoms with Gasteiger partial charge in [-0.15, -0.1) is 0 Å². The van der Waals surface area contributed by atoms with Crippen molar-refractivity contribution >= 4 is 11.0 Å². The maximum Gasteiger partial charge on any atom is 0.256 e. The first-order valence-electron chi connectivity index (χ1n) is 19.6. The zero-order chi connectivity index (χ0) is 40.2. The largest absolute Gasteiger partial charge is 0.508 e. The van der Waals surface area contributed by atoms with Crippen LogP contribution in [0.2, 0.25) is 0 Å². The zero-order valence-electron chi connectivity index (χ0n) is 33.1. The topological polar surface area (TPSA) is 175 Å². The molecule has 56 heavy (non-hydrogen) atoms. The van der Waals surface area contributed by atoms with Crippen LogP contribution in [0.15, 0.2) is 76.0 Å². The molecule has 0 saturated carbocycles. The quantitative estimate of drug-likeness (QED) is 0.0748. The number of β-amino-alcohol motifs (C(OH)–C–C–N with tert-alkyl or cyclic N) is 1. The van der Waals surface area contributed by atoms with Crippen LogP contribution in [0.3, 0.4) is 0 Å². The standard InChI is InChI=1S/C23H27FN4O2.C12H19NO3.C8H12N2/c1-15-18(23(29)28-10-3-2-4-21(28)25-15)9-13-27-11-7-16(8-12-27)22-19-6-5-17(24)14-20(19)30-26-22;1-12(2,3)13-7-11(16)8-4-9(14)6-10(15)5-8;9-10-7-6-8-4-2-1-3-5-8/h5-6,14,16H,2-4,7-13H2,1H3;4-6,11,13-16H,7H2,1-3H3;1-5,10H,6-7,9H2. The minimum absolute atomic E-state index is 0.0511. The number of hydrazine groups is 1. The number of hydrogen-bond acceptors (Lipinski definition) is 11. The maximum atomic E-state index is 13.4. The predicted octanol–water partition coefficient (Wildman–Crippen LogP) is 5.80. The van der Waals surface area contributed by atoms with Crippen LogP contribution < -0.4 is 22.1 Å². The molecule has 302 valence electrons. The van der Waals surface area contributed by atoms with Crippen LogP contribution >= 0.6 is 0 Å².